The fourth-order valence-corrected chi connectivity index (χ4v) is 5.33. The van der Waals surface area contributed by atoms with Gasteiger partial charge in [0, 0.05) is 43.6 Å². The Kier molecular flexibility index (Phi) is 7.31. The third kappa shape index (κ3) is 5.78. The number of anilines is 1. The second-order valence-corrected chi connectivity index (χ2v) is 10.5. The van der Waals surface area contributed by atoms with Crippen molar-refractivity contribution >= 4 is 28.6 Å². The van der Waals surface area contributed by atoms with E-state index in [0.29, 0.717) is 60.2 Å². The van der Waals surface area contributed by atoms with Gasteiger partial charge in [-0.15, -0.1) is 10.2 Å². The first-order chi connectivity index (χ1) is 21.9. The topological polar surface area (TPSA) is 148 Å². The molecule has 7 rings (SSSR count). The number of pyridine rings is 1. The first-order valence-electron chi connectivity index (χ1n) is 14.2. The average molecular weight is 608 g/mol. The molecule has 1 fully saturated rings. The maximum absolute atomic E-state index is 13.7. The molecule has 226 valence electrons. The summed E-state index contributed by atoms with van der Waals surface area (Å²) in [5.41, 5.74) is 3.29. The molecule has 4 aromatic heterocycles. The van der Waals surface area contributed by atoms with Crippen molar-refractivity contribution in [3.05, 3.63) is 108 Å². The largest absolute Gasteiger partial charge is 0.459 e. The zero-order chi connectivity index (χ0) is 30.9. The van der Waals surface area contributed by atoms with Crippen molar-refractivity contribution in [2.24, 2.45) is 7.05 Å². The third-order valence-electron chi connectivity index (χ3n) is 7.54. The molecule has 1 aliphatic heterocycles. The molecule has 6 aromatic rings. The summed E-state index contributed by atoms with van der Waals surface area (Å²) in [4.78, 5) is 40.1. The minimum atomic E-state index is -0.377. The summed E-state index contributed by atoms with van der Waals surface area (Å²) in [7, 11) is 1.69. The summed E-state index contributed by atoms with van der Waals surface area (Å²) in [5.74, 6) is 0.0978. The van der Waals surface area contributed by atoms with E-state index in [9.17, 15) is 14.0 Å². The number of hydrogen-bond donors (Lipinski definition) is 1. The lowest BCUT2D eigenvalue weighted by Crippen LogP contribution is -2.50. The van der Waals surface area contributed by atoms with Gasteiger partial charge in [-0.25, -0.2) is 9.37 Å². The molecule has 14 heteroatoms. The number of benzene rings is 2. The van der Waals surface area contributed by atoms with Crippen LogP contribution in [0.3, 0.4) is 0 Å². The molecular formula is C31H26FN9O4. The van der Waals surface area contributed by atoms with Crippen molar-refractivity contribution < 1.29 is 22.8 Å². The Balaban J connectivity index is 1.05. The Morgan fingerprint density at radius 3 is 2.56 bits per heavy atom. The highest BCUT2D eigenvalue weighted by atomic mass is 19.1. The number of oxazole rings is 1. The predicted octanol–water partition coefficient (Wildman–Crippen LogP) is 3.95. The number of hydrogen-bond acceptors (Lipinski definition) is 10. The quantitative estimate of drug-likeness (QED) is 0.283. The molecular weight excluding hydrogens is 581 g/mol. The smallest absolute Gasteiger partial charge is 0.291 e. The predicted molar refractivity (Wildman–Crippen MR) is 158 cm³/mol. The Morgan fingerprint density at radius 2 is 1.82 bits per heavy atom. The van der Waals surface area contributed by atoms with Gasteiger partial charge in [0.2, 0.25) is 5.89 Å². The third-order valence-corrected chi connectivity index (χ3v) is 7.54. The molecule has 1 aliphatic rings. The SMILES string of the molecule is Cn1nnc(C(c2ccc(F)cc2)N2CCN(C(=O)c3cc(-c4nc5cc(NC(=O)c6ccco6)ccc5o4)ccn3)CC2)n1. The highest BCUT2D eigenvalue weighted by molar-refractivity contribution is 6.03. The number of aryl methyl sites for hydroxylation is 1. The first kappa shape index (κ1) is 28.0. The van der Waals surface area contributed by atoms with Crippen molar-refractivity contribution in [3.63, 3.8) is 0 Å². The number of piperazine rings is 1. The van der Waals surface area contributed by atoms with E-state index in [1.807, 2.05) is 0 Å². The molecule has 5 heterocycles. The van der Waals surface area contributed by atoms with Crippen LogP contribution < -0.4 is 5.32 Å². The fourth-order valence-electron chi connectivity index (χ4n) is 5.33. The standard InChI is InChI=1S/C31H26FN9O4/c1-39-37-28(36-38-39)27(19-4-6-21(32)7-5-19)40-12-14-41(15-13-40)31(43)24-17-20(10-11-33-24)30-35-23-18-22(8-9-25(23)45-30)34-29(42)26-3-2-16-44-26/h2-11,16-18,27H,12-15H2,1H3,(H,34,42). The van der Waals surface area contributed by atoms with Gasteiger partial charge in [-0.3, -0.25) is 19.5 Å². The van der Waals surface area contributed by atoms with Crippen molar-refractivity contribution in [1.29, 1.82) is 0 Å². The minimum absolute atomic E-state index is 0.196. The second-order valence-electron chi connectivity index (χ2n) is 10.5. The summed E-state index contributed by atoms with van der Waals surface area (Å²) in [6.07, 6.45) is 2.98. The van der Waals surface area contributed by atoms with E-state index in [-0.39, 0.29) is 35.1 Å². The molecule has 1 unspecified atom stereocenters. The summed E-state index contributed by atoms with van der Waals surface area (Å²) in [6, 6.07) is 17.6. The lowest BCUT2D eigenvalue weighted by atomic mass is 10.0. The molecule has 0 saturated carbocycles. The Labute approximate surface area is 255 Å². The van der Waals surface area contributed by atoms with Gasteiger partial charge in [-0.1, -0.05) is 12.1 Å². The van der Waals surface area contributed by atoms with Gasteiger partial charge in [0.1, 0.15) is 17.0 Å². The first-order valence-corrected chi connectivity index (χ1v) is 14.2. The van der Waals surface area contributed by atoms with E-state index in [1.54, 1.807) is 72.7 Å². The summed E-state index contributed by atoms with van der Waals surface area (Å²) < 4.78 is 24.8. The number of rotatable bonds is 7. The van der Waals surface area contributed by atoms with Crippen LogP contribution in [-0.2, 0) is 7.05 Å². The van der Waals surface area contributed by atoms with Crippen LogP contribution in [0.2, 0.25) is 0 Å². The van der Waals surface area contributed by atoms with Crippen molar-refractivity contribution in [3.8, 4) is 11.5 Å². The number of tetrazole rings is 1. The van der Waals surface area contributed by atoms with Gasteiger partial charge in [-0.2, -0.15) is 4.80 Å². The summed E-state index contributed by atoms with van der Waals surface area (Å²) >= 11 is 0. The Bertz CT molecular complexity index is 1980. The van der Waals surface area contributed by atoms with Crippen LogP contribution in [0.5, 0.6) is 0 Å². The monoisotopic (exact) mass is 607 g/mol. The van der Waals surface area contributed by atoms with Crippen molar-refractivity contribution in [1.82, 2.24) is 40.0 Å². The number of fused-ring (bicyclic) bond motifs is 1. The molecule has 45 heavy (non-hydrogen) atoms. The number of carbonyl (C=O) groups excluding carboxylic acids is 2. The molecule has 1 N–H and O–H groups in total. The van der Waals surface area contributed by atoms with Gasteiger partial charge in [-0.05, 0) is 65.4 Å². The van der Waals surface area contributed by atoms with Crippen LogP contribution in [0.4, 0.5) is 10.1 Å². The van der Waals surface area contributed by atoms with Gasteiger partial charge < -0.3 is 19.1 Å². The molecule has 2 amide bonds. The van der Waals surface area contributed by atoms with E-state index in [2.05, 4.69) is 35.6 Å². The van der Waals surface area contributed by atoms with Crippen LogP contribution in [0.15, 0.2) is 88.0 Å². The number of carbonyl (C=O) groups is 2. The van der Waals surface area contributed by atoms with Crippen LogP contribution >= 0.6 is 0 Å². The number of nitrogens with one attached hydrogen (secondary N) is 1. The molecule has 0 bridgehead atoms. The van der Waals surface area contributed by atoms with E-state index in [0.717, 1.165) is 5.56 Å². The van der Waals surface area contributed by atoms with Crippen LogP contribution in [0.25, 0.3) is 22.6 Å². The van der Waals surface area contributed by atoms with Crippen molar-refractivity contribution in [2.75, 3.05) is 31.5 Å². The fraction of sp³-hybridized carbons (Fsp3) is 0.194. The molecule has 2 aromatic carbocycles. The number of furan rings is 1. The maximum atomic E-state index is 13.7. The number of halogens is 1. The Hall–Kier alpha value is -5.76. The summed E-state index contributed by atoms with van der Waals surface area (Å²) in [5, 5.41) is 15.4. The van der Waals surface area contributed by atoms with Crippen LogP contribution in [0.1, 0.15) is 38.5 Å². The zero-order valence-electron chi connectivity index (χ0n) is 24.0. The van der Waals surface area contributed by atoms with E-state index < -0.39 is 0 Å². The van der Waals surface area contributed by atoms with E-state index in [1.165, 1.54) is 23.2 Å². The summed E-state index contributed by atoms with van der Waals surface area (Å²) in [6.45, 7) is 1.96. The van der Waals surface area contributed by atoms with Crippen LogP contribution in [0, 0.1) is 5.82 Å². The van der Waals surface area contributed by atoms with Crippen LogP contribution in [-0.4, -0.2) is 78.0 Å². The van der Waals surface area contributed by atoms with Crippen molar-refractivity contribution in [2.45, 2.75) is 6.04 Å². The van der Waals surface area contributed by atoms with Gasteiger partial charge >= 0.3 is 0 Å². The molecule has 0 aliphatic carbocycles. The molecule has 1 saturated heterocycles. The second kappa shape index (κ2) is 11.7. The molecule has 1 atom stereocenters. The molecule has 0 spiro atoms. The van der Waals surface area contributed by atoms with Gasteiger partial charge in [0.15, 0.2) is 17.2 Å². The van der Waals surface area contributed by atoms with Gasteiger partial charge in [0.05, 0.1) is 19.4 Å². The number of nitrogens with zero attached hydrogens (tertiary/aromatic N) is 8. The minimum Gasteiger partial charge on any atom is -0.459 e. The normalized spacial score (nSPS) is 14.5. The zero-order valence-corrected chi connectivity index (χ0v) is 24.0. The van der Waals surface area contributed by atoms with Gasteiger partial charge in [0.25, 0.3) is 11.8 Å². The Morgan fingerprint density at radius 1 is 1.00 bits per heavy atom. The highest BCUT2D eigenvalue weighted by Crippen LogP contribution is 2.29. The molecule has 13 nitrogen and oxygen atoms in total. The van der Waals surface area contributed by atoms with E-state index in [4.69, 9.17) is 8.83 Å². The maximum Gasteiger partial charge on any atom is 0.291 e. The lowest BCUT2D eigenvalue weighted by molar-refractivity contribution is 0.0586. The van der Waals surface area contributed by atoms with E-state index >= 15 is 0 Å². The molecule has 0 radical (unpaired) electrons. The highest BCUT2D eigenvalue weighted by Gasteiger charge is 2.31. The average Bonchev–Trinajstić information content (AvgIpc) is 3.84. The number of aromatic nitrogens is 6. The lowest BCUT2D eigenvalue weighted by Gasteiger charge is -2.38. The number of amides is 2.